The molecule has 0 spiro atoms. The fourth-order valence-electron chi connectivity index (χ4n) is 2.38. The minimum Gasteiger partial charge on any atom is -0.497 e. The molecule has 0 saturated heterocycles. The summed E-state index contributed by atoms with van der Waals surface area (Å²) >= 11 is 0. The predicted molar refractivity (Wildman–Crippen MR) is 89.9 cm³/mol. The Balaban J connectivity index is 3.32. The van der Waals surface area contributed by atoms with E-state index in [1.807, 2.05) is 18.2 Å². The molecule has 0 fully saturated rings. The van der Waals surface area contributed by atoms with Gasteiger partial charge in [0.15, 0.2) is 0 Å². The van der Waals surface area contributed by atoms with Gasteiger partial charge in [-0.2, -0.15) is 0 Å². The van der Waals surface area contributed by atoms with E-state index in [2.05, 4.69) is 0 Å². The third kappa shape index (κ3) is 4.39. The quantitative estimate of drug-likeness (QED) is 0.569. The molecule has 1 rings (SSSR count). The molecule has 0 atom stereocenters. The second kappa shape index (κ2) is 8.90. The van der Waals surface area contributed by atoms with Gasteiger partial charge in [0.05, 0.1) is 7.11 Å². The molecule has 0 aromatic heterocycles. The van der Waals surface area contributed by atoms with Gasteiger partial charge in [0.25, 0.3) is 0 Å². The molecule has 7 nitrogen and oxygen atoms in total. The molecule has 0 bridgehead atoms. The lowest BCUT2D eigenvalue weighted by Crippen LogP contribution is -2.55. The van der Waals surface area contributed by atoms with Crippen molar-refractivity contribution in [2.24, 2.45) is 0 Å². The number of hydrogen-bond donors (Lipinski definition) is 0. The van der Waals surface area contributed by atoms with E-state index in [9.17, 15) is 0 Å². The van der Waals surface area contributed by atoms with Gasteiger partial charge in [-0.25, -0.2) is 0 Å². The fourth-order valence-corrected chi connectivity index (χ4v) is 5.90. The molecular weight excluding hydrogens is 336 g/mol. The maximum atomic E-state index is 5.54. The molecule has 0 unspecified atom stereocenters. The van der Waals surface area contributed by atoms with Crippen molar-refractivity contribution in [2.45, 2.75) is 6.04 Å². The molecule has 9 heteroatoms. The van der Waals surface area contributed by atoms with E-state index in [0.29, 0.717) is 11.8 Å². The molecule has 0 aliphatic carbocycles. The Kier molecular flexibility index (Phi) is 7.84. The number of benzene rings is 1. The average Bonchev–Trinajstić information content (AvgIpc) is 2.61. The van der Waals surface area contributed by atoms with E-state index in [1.54, 1.807) is 49.8 Å². The van der Waals surface area contributed by atoms with Crippen molar-refractivity contribution in [3.8, 4) is 5.75 Å². The summed E-state index contributed by atoms with van der Waals surface area (Å²) in [6.45, 7) is 0. The first-order valence-electron chi connectivity index (χ1n) is 6.98. The monoisotopic (exact) mass is 362 g/mol. The van der Waals surface area contributed by atoms with Gasteiger partial charge in [-0.05, 0) is 17.7 Å². The van der Waals surface area contributed by atoms with Crippen molar-refractivity contribution in [2.75, 3.05) is 49.8 Å². The van der Waals surface area contributed by atoms with E-state index >= 15 is 0 Å². The second-order valence-electron chi connectivity index (χ2n) is 4.71. The predicted octanol–water partition coefficient (Wildman–Crippen LogP) is 0.740. The first-order chi connectivity index (χ1) is 11.0. The Hall–Kier alpha value is -0.786. The average molecular weight is 363 g/mol. The van der Waals surface area contributed by atoms with E-state index < -0.39 is 17.6 Å². The number of hydrogen-bond acceptors (Lipinski definition) is 7. The zero-order valence-corrected chi connectivity index (χ0v) is 16.8. The molecule has 0 radical (unpaired) electrons. The van der Waals surface area contributed by atoms with Gasteiger partial charge in [0.1, 0.15) is 5.75 Å². The third-order valence-corrected chi connectivity index (χ3v) is 9.03. The molecule has 0 saturated carbocycles. The Morgan fingerprint density at radius 2 is 1.22 bits per heavy atom. The van der Waals surface area contributed by atoms with Crippen LogP contribution in [0.3, 0.4) is 0 Å². The van der Waals surface area contributed by atoms with Crippen LogP contribution in [0.2, 0.25) is 0 Å². The molecule has 1 aromatic carbocycles. The van der Waals surface area contributed by atoms with Crippen molar-refractivity contribution >= 4 is 22.8 Å². The van der Waals surface area contributed by atoms with Gasteiger partial charge in [-0.1, -0.05) is 6.07 Å². The van der Waals surface area contributed by atoms with Gasteiger partial charge in [-0.15, -0.1) is 0 Å². The Labute approximate surface area is 140 Å². The molecule has 1 aromatic rings. The summed E-state index contributed by atoms with van der Waals surface area (Å²) in [6, 6.07) is 6.19. The largest absolute Gasteiger partial charge is 0.536 e. The first-order valence-corrected chi connectivity index (χ1v) is 10.6. The zero-order valence-electron chi connectivity index (χ0n) is 14.8. The van der Waals surface area contributed by atoms with Crippen LogP contribution in [-0.4, -0.2) is 67.4 Å². The van der Waals surface area contributed by atoms with Crippen molar-refractivity contribution in [3.63, 3.8) is 0 Å². The number of methoxy groups -OCH3 is 1. The van der Waals surface area contributed by atoms with Crippen molar-refractivity contribution < 1.29 is 31.3 Å². The van der Waals surface area contributed by atoms with Crippen LogP contribution in [0, 0.1) is 0 Å². The zero-order chi connectivity index (χ0) is 17.5. The smallest absolute Gasteiger partial charge is 0.497 e. The van der Waals surface area contributed by atoms with Crippen LogP contribution in [0.25, 0.3) is 0 Å². The lowest BCUT2D eigenvalue weighted by Gasteiger charge is -2.27. The van der Waals surface area contributed by atoms with E-state index in [1.165, 1.54) is 0 Å². The highest BCUT2D eigenvalue weighted by Gasteiger charge is 2.43. The Bertz CT molecular complexity index is 473. The maximum Gasteiger partial charge on any atom is 0.536 e. The van der Waals surface area contributed by atoms with E-state index in [4.69, 9.17) is 31.3 Å². The Morgan fingerprint density at radius 1 is 0.696 bits per heavy atom. The number of rotatable bonds is 10. The van der Waals surface area contributed by atoms with Gasteiger partial charge < -0.3 is 31.3 Å². The van der Waals surface area contributed by atoms with Gasteiger partial charge in [0, 0.05) is 53.9 Å². The third-order valence-electron chi connectivity index (χ3n) is 3.72. The summed E-state index contributed by atoms with van der Waals surface area (Å²) in [5.41, 5.74) is 0.930. The summed E-state index contributed by atoms with van der Waals surface area (Å²) in [6.07, 6.45) is 0. The summed E-state index contributed by atoms with van der Waals surface area (Å²) in [5.74, 6) is 0.673. The minimum atomic E-state index is -2.97. The van der Waals surface area contributed by atoms with Crippen LogP contribution in [0.5, 0.6) is 5.75 Å². The van der Waals surface area contributed by atoms with Crippen LogP contribution < -0.4 is 9.92 Å². The molecule has 0 N–H and O–H groups in total. The second-order valence-corrected chi connectivity index (χ2v) is 10.6. The molecule has 0 aliphatic heterocycles. The number of ether oxygens (including phenoxy) is 1. The maximum absolute atomic E-state index is 5.54. The Morgan fingerprint density at radius 3 is 1.61 bits per heavy atom. The topological polar surface area (TPSA) is 64.6 Å². The van der Waals surface area contributed by atoms with E-state index in [-0.39, 0.29) is 0 Å². The fraction of sp³-hybridized carbons (Fsp3) is 0.571. The van der Waals surface area contributed by atoms with Crippen LogP contribution in [0.4, 0.5) is 0 Å². The normalized spacial score (nSPS) is 12.5. The summed E-state index contributed by atoms with van der Waals surface area (Å²) < 4.78 is 38.5. The summed E-state index contributed by atoms with van der Waals surface area (Å²) in [5, 5.41) is 0.797. The van der Waals surface area contributed by atoms with Gasteiger partial charge in [-0.3, -0.25) is 0 Å². The van der Waals surface area contributed by atoms with Crippen LogP contribution in [0.15, 0.2) is 18.2 Å². The van der Waals surface area contributed by atoms with E-state index in [0.717, 1.165) is 10.8 Å². The molecular formula is C14H26O7Si2. The SMILES string of the molecule is COc1cc(C[Si](OC)(OC)OC)cc([Si](OC)(OC)OC)c1. The summed E-state index contributed by atoms with van der Waals surface area (Å²) in [4.78, 5) is 0. The molecule has 23 heavy (non-hydrogen) atoms. The highest BCUT2D eigenvalue weighted by atomic mass is 28.4. The van der Waals surface area contributed by atoms with Gasteiger partial charge in [0.2, 0.25) is 0 Å². The lowest BCUT2D eigenvalue weighted by atomic mass is 10.2. The van der Waals surface area contributed by atoms with Crippen LogP contribution in [0.1, 0.15) is 5.56 Å². The molecule has 0 amide bonds. The van der Waals surface area contributed by atoms with Crippen LogP contribution in [-0.2, 0) is 32.6 Å². The molecule has 0 heterocycles. The summed E-state index contributed by atoms with van der Waals surface area (Å²) in [7, 11) is 5.31. The van der Waals surface area contributed by atoms with Gasteiger partial charge >= 0.3 is 17.6 Å². The highest BCUT2D eigenvalue weighted by Crippen LogP contribution is 2.20. The first kappa shape index (κ1) is 20.3. The lowest BCUT2D eigenvalue weighted by molar-refractivity contribution is 0.122. The van der Waals surface area contributed by atoms with Crippen LogP contribution >= 0.6 is 0 Å². The standard InChI is InChI=1S/C14H26O7Si2/c1-15-13-8-12(11-22(16-2,17-3)18-4)9-14(10-13)23(19-5,20-6)21-7/h8-10H,11H2,1-7H3. The van der Waals surface area contributed by atoms with Crippen molar-refractivity contribution in [1.29, 1.82) is 0 Å². The van der Waals surface area contributed by atoms with Crippen molar-refractivity contribution in [1.82, 2.24) is 0 Å². The molecule has 132 valence electrons. The van der Waals surface area contributed by atoms with Crippen molar-refractivity contribution in [3.05, 3.63) is 23.8 Å². The minimum absolute atomic E-state index is 0.488. The highest BCUT2D eigenvalue weighted by molar-refractivity contribution is 6.75. The molecule has 0 aliphatic rings.